The zero-order valence-electron chi connectivity index (χ0n) is 13.5. The predicted octanol–water partition coefficient (Wildman–Crippen LogP) is 2.51. The summed E-state index contributed by atoms with van der Waals surface area (Å²) in [5.41, 5.74) is -1.04. The molecule has 25 heavy (non-hydrogen) atoms. The molecule has 1 aromatic carbocycles. The Kier molecular flexibility index (Phi) is 4.01. The van der Waals surface area contributed by atoms with Crippen LogP contribution in [-0.2, 0) is 24.5 Å². The van der Waals surface area contributed by atoms with Gasteiger partial charge in [0, 0.05) is 10.7 Å². The lowest BCUT2D eigenvalue weighted by molar-refractivity contribution is -0.141. The van der Waals surface area contributed by atoms with Crippen LogP contribution in [0.2, 0.25) is 5.02 Å². The molecule has 0 radical (unpaired) electrons. The van der Waals surface area contributed by atoms with Crippen LogP contribution in [0.25, 0.3) is 0 Å². The van der Waals surface area contributed by atoms with Crippen LogP contribution in [0, 0.1) is 22.7 Å². The molecule has 2 heterocycles. The number of ether oxygens (including phenoxy) is 2. The van der Waals surface area contributed by atoms with Gasteiger partial charge >= 0.3 is 5.97 Å². The highest BCUT2D eigenvalue weighted by molar-refractivity contribution is 6.31. The van der Waals surface area contributed by atoms with E-state index in [1.807, 2.05) is 6.07 Å². The predicted molar refractivity (Wildman–Crippen MR) is 89.0 cm³/mol. The van der Waals surface area contributed by atoms with E-state index < -0.39 is 29.1 Å². The van der Waals surface area contributed by atoms with Crippen molar-refractivity contribution in [3.63, 3.8) is 0 Å². The van der Waals surface area contributed by atoms with Crippen LogP contribution in [0.3, 0.4) is 0 Å². The number of nitriles is 1. The van der Waals surface area contributed by atoms with Crippen LogP contribution >= 0.6 is 11.6 Å². The fourth-order valence-electron chi connectivity index (χ4n) is 3.39. The number of anilines is 1. The Bertz CT molecular complexity index is 886. The minimum atomic E-state index is -1.74. The highest BCUT2D eigenvalue weighted by Crippen LogP contribution is 2.52. The number of allylic oxidation sites excluding steroid dienone is 1. The van der Waals surface area contributed by atoms with Crippen LogP contribution < -0.4 is 5.32 Å². The molecule has 2 aliphatic heterocycles. The summed E-state index contributed by atoms with van der Waals surface area (Å²) in [7, 11) is 0. The van der Waals surface area contributed by atoms with Gasteiger partial charge in [-0.25, -0.2) is 4.79 Å². The largest absolute Gasteiger partial charge is 0.462 e. The monoisotopic (exact) mass is 359 g/mol. The number of nitrogens with zero attached hydrogens (tertiary/aromatic N) is 1. The van der Waals surface area contributed by atoms with Crippen LogP contribution in [0.5, 0.6) is 0 Å². The van der Waals surface area contributed by atoms with E-state index in [1.165, 1.54) is 13.0 Å². The van der Waals surface area contributed by atoms with Gasteiger partial charge in [-0.1, -0.05) is 11.6 Å². The summed E-state index contributed by atoms with van der Waals surface area (Å²) in [6, 6.07) is 6.63. The molecule has 2 unspecified atom stereocenters. The standard InChI is InChI=1S/C17H14ClN3O4/c1-3-24-15(22)13-8(2)25-14(20)11(7-19)17(13)10-6-9(18)4-5-12(10)21-16(17)23/h4-6,11,20H,3H2,1-2H3,(H,21,23). The van der Waals surface area contributed by atoms with E-state index in [2.05, 4.69) is 5.32 Å². The molecular formula is C17H14ClN3O4. The Hall–Kier alpha value is -2.85. The molecule has 0 fully saturated rings. The summed E-state index contributed by atoms with van der Waals surface area (Å²) >= 11 is 6.09. The number of fused-ring (bicyclic) bond motifs is 2. The van der Waals surface area contributed by atoms with Crippen molar-refractivity contribution in [1.29, 1.82) is 10.7 Å². The maximum absolute atomic E-state index is 13.0. The smallest absolute Gasteiger partial charge is 0.338 e. The minimum absolute atomic E-state index is 0.0536. The van der Waals surface area contributed by atoms with Crippen LogP contribution in [0.1, 0.15) is 19.4 Å². The van der Waals surface area contributed by atoms with Crippen molar-refractivity contribution in [2.45, 2.75) is 19.3 Å². The third-order valence-corrected chi connectivity index (χ3v) is 4.56. The third kappa shape index (κ3) is 2.22. The van der Waals surface area contributed by atoms with Crippen molar-refractivity contribution in [3.8, 4) is 6.07 Å². The number of carbonyl (C=O) groups excluding carboxylic acids is 2. The number of amides is 1. The number of esters is 1. The Balaban J connectivity index is 2.39. The molecule has 3 rings (SSSR count). The first kappa shape index (κ1) is 17.0. The number of rotatable bonds is 2. The van der Waals surface area contributed by atoms with Gasteiger partial charge in [0.05, 0.1) is 18.2 Å². The quantitative estimate of drug-likeness (QED) is 0.788. The number of carbonyl (C=O) groups is 2. The van der Waals surface area contributed by atoms with Gasteiger partial charge in [0.25, 0.3) is 0 Å². The first-order valence-corrected chi connectivity index (χ1v) is 7.91. The fraction of sp³-hybridized carbons (Fsp3) is 0.294. The van der Waals surface area contributed by atoms with E-state index in [1.54, 1.807) is 19.1 Å². The third-order valence-electron chi connectivity index (χ3n) is 4.33. The van der Waals surface area contributed by atoms with Crippen molar-refractivity contribution >= 4 is 35.1 Å². The molecule has 0 saturated carbocycles. The number of hydrogen-bond donors (Lipinski definition) is 2. The maximum atomic E-state index is 13.0. The lowest BCUT2D eigenvalue weighted by Crippen LogP contribution is -2.52. The van der Waals surface area contributed by atoms with E-state index in [4.69, 9.17) is 26.5 Å². The molecule has 1 amide bonds. The maximum Gasteiger partial charge on any atom is 0.338 e. The summed E-state index contributed by atoms with van der Waals surface area (Å²) in [6.07, 6.45) is 0. The summed E-state index contributed by atoms with van der Waals surface area (Å²) < 4.78 is 10.4. The minimum Gasteiger partial charge on any atom is -0.462 e. The molecule has 0 aliphatic carbocycles. The van der Waals surface area contributed by atoms with Gasteiger partial charge in [-0.05, 0) is 37.6 Å². The van der Waals surface area contributed by atoms with Crippen molar-refractivity contribution in [3.05, 3.63) is 40.1 Å². The average molecular weight is 360 g/mol. The molecule has 1 spiro atoms. The lowest BCUT2D eigenvalue weighted by atomic mass is 9.64. The number of hydrogen-bond acceptors (Lipinski definition) is 6. The van der Waals surface area contributed by atoms with Gasteiger partial charge < -0.3 is 14.8 Å². The first-order chi connectivity index (χ1) is 11.9. The first-order valence-electron chi connectivity index (χ1n) is 7.53. The van der Waals surface area contributed by atoms with Crippen LogP contribution in [0.15, 0.2) is 29.5 Å². The van der Waals surface area contributed by atoms with Gasteiger partial charge in [0.1, 0.15) is 17.1 Å². The molecule has 8 heteroatoms. The normalized spacial score (nSPS) is 24.5. The molecule has 1 aromatic rings. The van der Waals surface area contributed by atoms with Gasteiger partial charge in [-0.2, -0.15) is 5.26 Å². The number of nitrogens with one attached hydrogen (secondary N) is 2. The number of halogens is 1. The Labute approximate surface area is 148 Å². The zero-order valence-corrected chi connectivity index (χ0v) is 14.2. The highest BCUT2D eigenvalue weighted by atomic mass is 35.5. The molecule has 2 atom stereocenters. The van der Waals surface area contributed by atoms with E-state index in [0.717, 1.165) is 0 Å². The van der Waals surface area contributed by atoms with Crippen LogP contribution in [0.4, 0.5) is 5.69 Å². The Morgan fingerprint density at radius 2 is 2.28 bits per heavy atom. The van der Waals surface area contributed by atoms with Gasteiger partial charge in [0.2, 0.25) is 11.8 Å². The number of benzene rings is 1. The van der Waals surface area contributed by atoms with Gasteiger partial charge in [-0.3, -0.25) is 10.2 Å². The molecule has 0 saturated heterocycles. The summed E-state index contributed by atoms with van der Waals surface area (Å²) in [4.78, 5) is 25.6. The second kappa shape index (κ2) is 5.90. The molecule has 0 aromatic heterocycles. The van der Waals surface area contributed by atoms with Gasteiger partial charge in [0.15, 0.2) is 0 Å². The van der Waals surface area contributed by atoms with E-state index in [9.17, 15) is 14.9 Å². The van der Waals surface area contributed by atoms with E-state index in [-0.39, 0.29) is 17.9 Å². The van der Waals surface area contributed by atoms with Gasteiger partial charge in [-0.15, -0.1) is 0 Å². The topological polar surface area (TPSA) is 112 Å². The second-order valence-corrected chi connectivity index (χ2v) is 6.07. The Morgan fingerprint density at radius 3 is 2.92 bits per heavy atom. The molecule has 2 aliphatic rings. The van der Waals surface area contributed by atoms with E-state index in [0.29, 0.717) is 16.3 Å². The van der Waals surface area contributed by atoms with Crippen molar-refractivity contribution < 1.29 is 19.1 Å². The van der Waals surface area contributed by atoms with Crippen LogP contribution in [-0.4, -0.2) is 24.4 Å². The van der Waals surface area contributed by atoms with Crippen molar-refractivity contribution in [2.75, 3.05) is 11.9 Å². The van der Waals surface area contributed by atoms with Crippen molar-refractivity contribution in [2.24, 2.45) is 5.92 Å². The zero-order chi connectivity index (χ0) is 18.4. The molecule has 2 N–H and O–H groups in total. The SMILES string of the molecule is CCOC(=O)C1=C(C)OC(=N)C(C#N)C12C(=O)Nc1ccc(Cl)cc12. The van der Waals surface area contributed by atoms with E-state index >= 15 is 0 Å². The summed E-state index contributed by atoms with van der Waals surface area (Å²) in [6.45, 7) is 3.18. The molecule has 0 bridgehead atoms. The molecule has 7 nitrogen and oxygen atoms in total. The molecular weight excluding hydrogens is 346 g/mol. The average Bonchev–Trinajstić information content (AvgIpc) is 2.81. The Morgan fingerprint density at radius 1 is 1.56 bits per heavy atom. The van der Waals surface area contributed by atoms with Crippen molar-refractivity contribution in [1.82, 2.24) is 0 Å². The highest BCUT2D eigenvalue weighted by Gasteiger charge is 2.62. The molecule has 128 valence electrons. The second-order valence-electron chi connectivity index (χ2n) is 5.63. The summed E-state index contributed by atoms with van der Waals surface area (Å²) in [5.74, 6) is -3.04. The fourth-order valence-corrected chi connectivity index (χ4v) is 3.56. The summed E-state index contributed by atoms with van der Waals surface area (Å²) in [5, 5.41) is 20.7. The lowest BCUT2D eigenvalue weighted by Gasteiger charge is -2.37.